The van der Waals surface area contributed by atoms with Crippen LogP contribution in [0.4, 0.5) is 4.79 Å². The topological polar surface area (TPSA) is 122 Å². The fourth-order valence-electron chi connectivity index (χ4n) is 1.87. The number of carbonyl (C=O) groups is 3. The van der Waals surface area contributed by atoms with Gasteiger partial charge >= 0.3 is 12.0 Å². The molecule has 0 radical (unpaired) electrons. The number of amides is 3. The molecule has 0 aromatic heterocycles. The highest BCUT2D eigenvalue weighted by atomic mass is 16.4. The summed E-state index contributed by atoms with van der Waals surface area (Å²) in [5.74, 6) is -1.37. The lowest BCUT2D eigenvalue weighted by Crippen LogP contribution is -2.50. The minimum absolute atomic E-state index is 0.0375. The molecule has 108 valence electrons. The highest BCUT2D eigenvalue weighted by Gasteiger charge is 2.27. The maximum Gasteiger partial charge on any atom is 0.326 e. The summed E-state index contributed by atoms with van der Waals surface area (Å²) in [5, 5.41) is 13.9. The summed E-state index contributed by atoms with van der Waals surface area (Å²) < 4.78 is 0. The second kappa shape index (κ2) is 6.96. The second-order valence-electron chi connectivity index (χ2n) is 4.96. The van der Waals surface area contributed by atoms with Crippen molar-refractivity contribution in [2.24, 2.45) is 11.7 Å². The zero-order valence-corrected chi connectivity index (χ0v) is 11.0. The summed E-state index contributed by atoms with van der Waals surface area (Å²) in [7, 11) is 0. The molecule has 0 aromatic rings. The molecule has 1 saturated carbocycles. The van der Waals surface area contributed by atoms with Crippen molar-refractivity contribution >= 4 is 17.9 Å². The number of urea groups is 1. The van der Waals surface area contributed by atoms with Gasteiger partial charge in [-0.2, -0.15) is 0 Å². The van der Waals surface area contributed by atoms with E-state index in [1.54, 1.807) is 0 Å². The molecule has 1 rings (SSSR count). The third-order valence-electron chi connectivity index (χ3n) is 3.15. The number of hydrogen-bond acceptors (Lipinski definition) is 3. The summed E-state index contributed by atoms with van der Waals surface area (Å²) in [5.41, 5.74) is 4.93. The lowest BCUT2D eigenvalue weighted by molar-refractivity contribution is -0.140. The van der Waals surface area contributed by atoms with E-state index in [-0.39, 0.29) is 6.04 Å². The molecule has 0 bridgehead atoms. The molecule has 3 amide bonds. The largest absolute Gasteiger partial charge is 0.480 e. The van der Waals surface area contributed by atoms with Crippen LogP contribution in [0.25, 0.3) is 0 Å². The van der Waals surface area contributed by atoms with Crippen LogP contribution in [0.1, 0.15) is 39.0 Å². The van der Waals surface area contributed by atoms with Gasteiger partial charge in [-0.05, 0) is 18.8 Å². The Balaban J connectivity index is 2.41. The van der Waals surface area contributed by atoms with Gasteiger partial charge in [-0.3, -0.25) is 4.79 Å². The Labute approximate surface area is 111 Å². The van der Waals surface area contributed by atoms with Crippen LogP contribution in [0.5, 0.6) is 0 Å². The Bertz CT molecular complexity index is 355. The van der Waals surface area contributed by atoms with Gasteiger partial charge in [-0.25, -0.2) is 9.59 Å². The van der Waals surface area contributed by atoms with Gasteiger partial charge < -0.3 is 21.5 Å². The molecule has 7 nitrogen and oxygen atoms in total. The van der Waals surface area contributed by atoms with Gasteiger partial charge in [-0.1, -0.05) is 19.8 Å². The van der Waals surface area contributed by atoms with E-state index >= 15 is 0 Å². The number of aliphatic carboxylic acids is 1. The van der Waals surface area contributed by atoms with E-state index in [2.05, 4.69) is 10.6 Å². The van der Waals surface area contributed by atoms with Crippen molar-refractivity contribution in [3.8, 4) is 0 Å². The standard InChI is InChI=1S/C12H21N3O4/c1-2-8(5-7-3-4-7)14-12(19)15-9(11(17)18)6-10(13)16/h7-9H,2-6H2,1H3,(H2,13,16)(H,17,18)(H2,14,15,19). The molecule has 19 heavy (non-hydrogen) atoms. The van der Waals surface area contributed by atoms with Crippen LogP contribution in [0.15, 0.2) is 0 Å². The maximum atomic E-state index is 11.7. The highest BCUT2D eigenvalue weighted by molar-refractivity contribution is 5.87. The number of nitrogens with one attached hydrogen (secondary N) is 2. The Kier molecular flexibility index (Phi) is 5.59. The molecule has 2 unspecified atom stereocenters. The molecule has 1 aliphatic rings. The van der Waals surface area contributed by atoms with E-state index in [0.29, 0.717) is 5.92 Å². The SMILES string of the molecule is CCC(CC1CC1)NC(=O)NC(CC(N)=O)C(=O)O. The van der Waals surface area contributed by atoms with Crippen molar-refractivity contribution in [3.63, 3.8) is 0 Å². The lowest BCUT2D eigenvalue weighted by atomic mass is 10.1. The van der Waals surface area contributed by atoms with Crippen molar-refractivity contribution in [2.75, 3.05) is 0 Å². The van der Waals surface area contributed by atoms with Gasteiger partial charge in [0.2, 0.25) is 5.91 Å². The molecule has 0 saturated heterocycles. The summed E-state index contributed by atoms with van der Waals surface area (Å²) in [6.07, 6.45) is 3.68. The lowest BCUT2D eigenvalue weighted by Gasteiger charge is -2.19. The van der Waals surface area contributed by atoms with Gasteiger partial charge in [-0.15, -0.1) is 0 Å². The molecule has 1 aliphatic carbocycles. The van der Waals surface area contributed by atoms with E-state index in [1.807, 2.05) is 6.92 Å². The molecular weight excluding hydrogens is 250 g/mol. The summed E-state index contributed by atoms with van der Waals surface area (Å²) >= 11 is 0. The van der Waals surface area contributed by atoms with Crippen molar-refractivity contribution in [1.82, 2.24) is 10.6 Å². The number of carboxylic acid groups (broad SMARTS) is 1. The van der Waals surface area contributed by atoms with Crippen molar-refractivity contribution in [1.29, 1.82) is 0 Å². The smallest absolute Gasteiger partial charge is 0.326 e. The third kappa shape index (κ3) is 6.08. The Morgan fingerprint density at radius 2 is 1.95 bits per heavy atom. The number of carboxylic acids is 1. The zero-order valence-electron chi connectivity index (χ0n) is 11.0. The van der Waals surface area contributed by atoms with Gasteiger partial charge in [0.05, 0.1) is 6.42 Å². The van der Waals surface area contributed by atoms with Crippen molar-refractivity contribution in [3.05, 3.63) is 0 Å². The van der Waals surface area contributed by atoms with Crippen molar-refractivity contribution < 1.29 is 19.5 Å². The van der Waals surface area contributed by atoms with Gasteiger partial charge in [0.25, 0.3) is 0 Å². The normalized spacial score (nSPS) is 17.3. The quantitative estimate of drug-likeness (QED) is 0.503. The Morgan fingerprint density at radius 3 is 2.37 bits per heavy atom. The molecule has 0 heterocycles. The van der Waals surface area contributed by atoms with Crippen LogP contribution >= 0.6 is 0 Å². The molecule has 7 heteroatoms. The zero-order chi connectivity index (χ0) is 14.4. The first-order valence-electron chi connectivity index (χ1n) is 6.50. The molecule has 5 N–H and O–H groups in total. The van der Waals surface area contributed by atoms with Crippen LogP contribution in [0.2, 0.25) is 0 Å². The molecule has 0 spiro atoms. The molecule has 1 fully saturated rings. The van der Waals surface area contributed by atoms with Crippen LogP contribution in [-0.2, 0) is 9.59 Å². The van der Waals surface area contributed by atoms with E-state index in [4.69, 9.17) is 10.8 Å². The predicted molar refractivity (Wildman–Crippen MR) is 68.3 cm³/mol. The van der Waals surface area contributed by atoms with Gasteiger partial charge in [0, 0.05) is 6.04 Å². The average molecular weight is 271 g/mol. The number of carbonyl (C=O) groups excluding carboxylic acids is 2. The molecule has 2 atom stereocenters. The molecular formula is C12H21N3O4. The highest BCUT2D eigenvalue weighted by Crippen LogP contribution is 2.33. The van der Waals surface area contributed by atoms with Gasteiger partial charge in [0.15, 0.2) is 0 Å². The van der Waals surface area contributed by atoms with E-state index < -0.39 is 30.4 Å². The summed E-state index contributed by atoms with van der Waals surface area (Å²) in [4.78, 5) is 33.3. The Hall–Kier alpha value is -1.79. The first-order valence-corrected chi connectivity index (χ1v) is 6.50. The number of hydrogen-bond donors (Lipinski definition) is 4. The minimum Gasteiger partial charge on any atom is -0.480 e. The first-order chi connectivity index (χ1) is 8.92. The van der Waals surface area contributed by atoms with Crippen LogP contribution < -0.4 is 16.4 Å². The summed E-state index contributed by atoms with van der Waals surface area (Å²) in [6, 6.07) is -1.81. The van der Waals surface area contributed by atoms with Crippen molar-refractivity contribution in [2.45, 2.75) is 51.1 Å². The first kappa shape index (κ1) is 15.3. The number of primary amides is 1. The van der Waals surface area contributed by atoms with Crippen LogP contribution in [0.3, 0.4) is 0 Å². The summed E-state index contributed by atoms with van der Waals surface area (Å²) in [6.45, 7) is 1.96. The fourth-order valence-corrected chi connectivity index (χ4v) is 1.87. The van der Waals surface area contributed by atoms with Crippen LogP contribution in [-0.4, -0.2) is 35.1 Å². The fraction of sp³-hybridized carbons (Fsp3) is 0.750. The second-order valence-corrected chi connectivity index (χ2v) is 4.96. The Morgan fingerprint density at radius 1 is 1.32 bits per heavy atom. The monoisotopic (exact) mass is 271 g/mol. The maximum absolute atomic E-state index is 11.7. The average Bonchev–Trinajstić information content (AvgIpc) is 3.10. The number of nitrogens with two attached hydrogens (primary N) is 1. The van der Waals surface area contributed by atoms with E-state index in [0.717, 1.165) is 12.8 Å². The van der Waals surface area contributed by atoms with E-state index in [1.165, 1.54) is 12.8 Å². The van der Waals surface area contributed by atoms with Crippen LogP contribution in [0, 0.1) is 5.92 Å². The number of rotatable bonds is 8. The minimum atomic E-state index is -1.28. The third-order valence-corrected chi connectivity index (χ3v) is 3.15. The van der Waals surface area contributed by atoms with Gasteiger partial charge in [0.1, 0.15) is 6.04 Å². The molecule has 0 aliphatic heterocycles. The van der Waals surface area contributed by atoms with E-state index in [9.17, 15) is 14.4 Å². The molecule has 0 aromatic carbocycles. The predicted octanol–water partition coefficient (Wildman–Crippen LogP) is 0.193.